The number of halogens is 1. The van der Waals surface area contributed by atoms with Gasteiger partial charge in [-0.2, -0.15) is 0 Å². The number of carbonyl (C=O) groups excluding carboxylic acids is 1. The van der Waals surface area contributed by atoms with Gasteiger partial charge in [-0.25, -0.2) is 0 Å². The van der Waals surface area contributed by atoms with Crippen LogP contribution < -0.4 is 10.2 Å². The van der Waals surface area contributed by atoms with E-state index in [2.05, 4.69) is 20.4 Å². The van der Waals surface area contributed by atoms with Crippen LogP contribution in [0.3, 0.4) is 0 Å². The molecule has 1 aliphatic heterocycles. The van der Waals surface area contributed by atoms with Crippen molar-refractivity contribution in [1.82, 2.24) is 10.2 Å². The van der Waals surface area contributed by atoms with Crippen molar-refractivity contribution in [2.45, 2.75) is 24.5 Å². The van der Waals surface area contributed by atoms with Crippen LogP contribution in [0.5, 0.6) is 0 Å². The zero-order valence-corrected chi connectivity index (χ0v) is 16.6. The summed E-state index contributed by atoms with van der Waals surface area (Å²) in [5.41, 5.74) is 1.61. The summed E-state index contributed by atoms with van der Waals surface area (Å²) >= 11 is 7.60. The lowest BCUT2D eigenvalue weighted by molar-refractivity contribution is -0.113. The number of para-hydroxylation sites is 1. The van der Waals surface area contributed by atoms with Gasteiger partial charge in [-0.15, -0.1) is 10.2 Å². The Morgan fingerprint density at radius 3 is 2.82 bits per heavy atom. The molecule has 1 fully saturated rings. The number of amides is 1. The van der Waals surface area contributed by atoms with Crippen LogP contribution in [-0.2, 0) is 4.79 Å². The first kappa shape index (κ1) is 18.9. The van der Waals surface area contributed by atoms with Crippen LogP contribution in [0.2, 0.25) is 5.02 Å². The number of carbonyl (C=O) groups is 1. The molecule has 7 nitrogen and oxygen atoms in total. The molecule has 146 valence electrons. The number of aromatic nitrogens is 2. The molecule has 0 saturated carbocycles. The van der Waals surface area contributed by atoms with Gasteiger partial charge in [0.05, 0.1) is 28.4 Å². The molecule has 3 aromatic rings. The number of anilines is 2. The molecule has 1 N–H and O–H groups in total. The van der Waals surface area contributed by atoms with Crippen molar-refractivity contribution in [2.24, 2.45) is 0 Å². The van der Waals surface area contributed by atoms with Crippen LogP contribution in [0.25, 0.3) is 11.7 Å². The fourth-order valence-corrected chi connectivity index (χ4v) is 3.99. The molecular weight excluding hydrogens is 400 g/mol. The molecule has 9 heteroatoms. The highest BCUT2D eigenvalue weighted by molar-refractivity contribution is 7.99. The van der Waals surface area contributed by atoms with Crippen molar-refractivity contribution >= 4 is 40.6 Å². The molecule has 1 saturated heterocycles. The molecule has 1 aliphatic rings. The number of rotatable bonds is 6. The molecule has 0 spiro atoms. The summed E-state index contributed by atoms with van der Waals surface area (Å²) in [6.07, 6.45) is 5.02. The van der Waals surface area contributed by atoms with E-state index in [0.717, 1.165) is 37.3 Å². The van der Waals surface area contributed by atoms with E-state index in [1.165, 1.54) is 24.4 Å². The first-order valence-corrected chi connectivity index (χ1v) is 10.4. The molecule has 1 aromatic carbocycles. The summed E-state index contributed by atoms with van der Waals surface area (Å²) in [5.74, 6) is 0.762. The number of piperidine rings is 1. The maximum atomic E-state index is 12.5. The van der Waals surface area contributed by atoms with Crippen LogP contribution >= 0.6 is 23.4 Å². The number of thioether (sulfide) groups is 1. The van der Waals surface area contributed by atoms with Crippen LogP contribution in [-0.4, -0.2) is 34.9 Å². The van der Waals surface area contributed by atoms with E-state index in [1.54, 1.807) is 12.1 Å². The maximum absolute atomic E-state index is 12.5. The predicted octanol–water partition coefficient (Wildman–Crippen LogP) is 4.70. The normalized spacial score (nSPS) is 14.2. The average molecular weight is 419 g/mol. The fourth-order valence-electron chi connectivity index (χ4n) is 3.14. The molecule has 0 unspecified atom stereocenters. The van der Waals surface area contributed by atoms with Gasteiger partial charge in [-0.05, 0) is 43.5 Å². The summed E-state index contributed by atoms with van der Waals surface area (Å²) in [6.45, 7) is 1.89. The summed E-state index contributed by atoms with van der Waals surface area (Å²) < 4.78 is 10.7. The molecule has 0 bridgehead atoms. The molecule has 2 aromatic heterocycles. The summed E-state index contributed by atoms with van der Waals surface area (Å²) in [7, 11) is 0. The van der Waals surface area contributed by atoms with Crippen molar-refractivity contribution in [3.05, 3.63) is 41.6 Å². The van der Waals surface area contributed by atoms with E-state index in [4.69, 9.17) is 20.4 Å². The zero-order valence-electron chi connectivity index (χ0n) is 15.1. The van der Waals surface area contributed by atoms with Gasteiger partial charge in [0.1, 0.15) is 0 Å². The minimum absolute atomic E-state index is 0.145. The van der Waals surface area contributed by atoms with Crippen molar-refractivity contribution in [3.8, 4) is 11.7 Å². The zero-order chi connectivity index (χ0) is 19.3. The highest BCUT2D eigenvalue weighted by Crippen LogP contribution is 2.35. The second-order valence-corrected chi connectivity index (χ2v) is 7.70. The van der Waals surface area contributed by atoms with Crippen molar-refractivity contribution in [3.63, 3.8) is 0 Å². The summed E-state index contributed by atoms with van der Waals surface area (Å²) in [5, 5.41) is 11.8. The number of benzene rings is 1. The van der Waals surface area contributed by atoms with Gasteiger partial charge in [0, 0.05) is 13.1 Å². The number of furan rings is 1. The fraction of sp³-hybridized carbons (Fsp3) is 0.316. The highest BCUT2D eigenvalue weighted by Gasteiger charge is 2.19. The van der Waals surface area contributed by atoms with Gasteiger partial charge in [0.2, 0.25) is 5.91 Å². The molecule has 3 heterocycles. The van der Waals surface area contributed by atoms with E-state index in [1.807, 2.05) is 18.2 Å². The Bertz CT molecular complexity index is 939. The largest absolute Gasteiger partial charge is 0.459 e. The second kappa shape index (κ2) is 8.70. The van der Waals surface area contributed by atoms with E-state index in [0.29, 0.717) is 16.0 Å². The van der Waals surface area contributed by atoms with Crippen LogP contribution in [0.4, 0.5) is 11.4 Å². The number of nitrogens with one attached hydrogen (secondary N) is 1. The van der Waals surface area contributed by atoms with Gasteiger partial charge in [0.15, 0.2) is 5.76 Å². The lowest BCUT2D eigenvalue weighted by Gasteiger charge is -2.31. The molecule has 0 atom stereocenters. The molecule has 0 radical (unpaired) electrons. The number of hydrogen-bond donors (Lipinski definition) is 1. The molecule has 4 rings (SSSR count). The van der Waals surface area contributed by atoms with E-state index >= 15 is 0 Å². The Balaban J connectivity index is 1.39. The highest BCUT2D eigenvalue weighted by atomic mass is 35.5. The first-order chi connectivity index (χ1) is 13.7. The lowest BCUT2D eigenvalue weighted by Crippen LogP contribution is -2.30. The maximum Gasteiger partial charge on any atom is 0.284 e. The topological polar surface area (TPSA) is 84.4 Å². The van der Waals surface area contributed by atoms with Crippen molar-refractivity contribution in [2.75, 3.05) is 29.1 Å². The standard InChI is InChI=1S/C19H19ClN4O3S/c20-13-6-4-7-14(17(13)24-9-2-1-3-10-24)21-16(25)12-28-19-23-22-18(27-19)15-8-5-11-26-15/h4-8,11H,1-3,9-10,12H2,(H,21,25). The predicted molar refractivity (Wildman–Crippen MR) is 109 cm³/mol. The third-order valence-corrected chi connectivity index (χ3v) is 5.52. The van der Waals surface area contributed by atoms with Gasteiger partial charge in [-0.1, -0.05) is 29.4 Å². The van der Waals surface area contributed by atoms with Gasteiger partial charge in [0.25, 0.3) is 11.1 Å². The molecule has 0 aliphatic carbocycles. The Labute approximate surface area is 171 Å². The van der Waals surface area contributed by atoms with Crippen LogP contribution in [0.1, 0.15) is 19.3 Å². The molecule has 28 heavy (non-hydrogen) atoms. The first-order valence-electron chi connectivity index (χ1n) is 9.04. The number of nitrogens with zero attached hydrogens (tertiary/aromatic N) is 3. The summed E-state index contributed by atoms with van der Waals surface area (Å²) in [6, 6.07) is 9.04. The quantitative estimate of drug-likeness (QED) is 0.580. The average Bonchev–Trinajstić information content (AvgIpc) is 3.39. The van der Waals surface area contributed by atoms with Gasteiger partial charge >= 0.3 is 0 Å². The molecule has 1 amide bonds. The lowest BCUT2D eigenvalue weighted by atomic mass is 10.1. The minimum Gasteiger partial charge on any atom is -0.459 e. The third kappa shape index (κ3) is 4.34. The van der Waals surface area contributed by atoms with Crippen molar-refractivity contribution < 1.29 is 13.6 Å². The minimum atomic E-state index is -0.164. The smallest absolute Gasteiger partial charge is 0.284 e. The second-order valence-electron chi connectivity index (χ2n) is 6.37. The monoisotopic (exact) mass is 418 g/mol. The van der Waals surface area contributed by atoms with Crippen molar-refractivity contribution in [1.29, 1.82) is 0 Å². The third-order valence-electron chi connectivity index (χ3n) is 4.40. The Hall–Kier alpha value is -2.45. The van der Waals surface area contributed by atoms with Crippen LogP contribution in [0, 0.1) is 0 Å². The Morgan fingerprint density at radius 1 is 1.18 bits per heavy atom. The SMILES string of the molecule is O=C(CSc1nnc(-c2ccco2)o1)Nc1cccc(Cl)c1N1CCCCC1. The van der Waals surface area contributed by atoms with Gasteiger partial charge in [-0.3, -0.25) is 4.79 Å². The Kier molecular flexibility index (Phi) is 5.87. The molecular formula is C19H19ClN4O3S. The van der Waals surface area contributed by atoms with E-state index in [-0.39, 0.29) is 17.6 Å². The van der Waals surface area contributed by atoms with Crippen LogP contribution in [0.15, 0.2) is 50.7 Å². The Morgan fingerprint density at radius 2 is 2.04 bits per heavy atom. The number of hydrogen-bond acceptors (Lipinski definition) is 7. The summed E-state index contributed by atoms with van der Waals surface area (Å²) in [4.78, 5) is 14.7. The van der Waals surface area contributed by atoms with Gasteiger partial charge < -0.3 is 19.1 Å². The van der Waals surface area contributed by atoms with E-state index < -0.39 is 0 Å². The van der Waals surface area contributed by atoms with E-state index in [9.17, 15) is 4.79 Å².